The smallest absolute Gasteiger partial charge is 0.191 e. The quantitative estimate of drug-likeness (QED) is 0.649. The van der Waals surface area contributed by atoms with E-state index in [1.54, 1.807) is 0 Å². The average Bonchev–Trinajstić information content (AvgIpc) is 2.61. The minimum absolute atomic E-state index is 0.427. The largest absolute Gasteiger partial charge is 0.388 e. The van der Waals surface area contributed by atoms with Crippen LogP contribution in [-0.2, 0) is 0 Å². The van der Waals surface area contributed by atoms with Gasteiger partial charge in [0.1, 0.15) is 0 Å². The van der Waals surface area contributed by atoms with E-state index < -0.39 is 5.60 Å². The van der Waals surface area contributed by atoms with Crippen molar-refractivity contribution in [2.24, 2.45) is 10.7 Å². The summed E-state index contributed by atoms with van der Waals surface area (Å²) < 4.78 is 0. The van der Waals surface area contributed by atoms with Gasteiger partial charge in [-0.15, -0.1) is 0 Å². The molecule has 132 valence electrons. The maximum Gasteiger partial charge on any atom is 0.191 e. The molecule has 0 spiro atoms. The molecule has 1 saturated carbocycles. The van der Waals surface area contributed by atoms with Gasteiger partial charge in [0, 0.05) is 36.9 Å². The van der Waals surface area contributed by atoms with E-state index in [9.17, 15) is 5.11 Å². The van der Waals surface area contributed by atoms with Gasteiger partial charge in [-0.3, -0.25) is 4.99 Å². The van der Waals surface area contributed by atoms with Gasteiger partial charge in [-0.1, -0.05) is 30.9 Å². The van der Waals surface area contributed by atoms with E-state index in [0.717, 1.165) is 56.9 Å². The summed E-state index contributed by atoms with van der Waals surface area (Å²) >= 11 is 5.95. The third-order valence-electron chi connectivity index (χ3n) is 5.12. The fourth-order valence-electron chi connectivity index (χ4n) is 3.54. The molecule has 0 unspecified atom stereocenters. The molecule has 0 aromatic heterocycles. The van der Waals surface area contributed by atoms with Crippen LogP contribution in [0.1, 0.15) is 32.1 Å². The highest BCUT2D eigenvalue weighted by Gasteiger charge is 2.29. The summed E-state index contributed by atoms with van der Waals surface area (Å²) in [6.07, 6.45) is 5.08. The third kappa shape index (κ3) is 4.33. The van der Waals surface area contributed by atoms with Crippen LogP contribution < -0.4 is 10.6 Å². The van der Waals surface area contributed by atoms with Crippen molar-refractivity contribution in [3.63, 3.8) is 0 Å². The normalized spacial score (nSPS) is 21.8. The number of benzene rings is 1. The van der Waals surface area contributed by atoms with E-state index in [4.69, 9.17) is 17.3 Å². The molecule has 3 N–H and O–H groups in total. The molecule has 1 heterocycles. The van der Waals surface area contributed by atoms with Crippen LogP contribution in [0.5, 0.6) is 0 Å². The summed E-state index contributed by atoms with van der Waals surface area (Å²) in [5.41, 5.74) is 6.70. The molecule has 6 heteroatoms. The van der Waals surface area contributed by atoms with Crippen LogP contribution in [0.4, 0.5) is 5.69 Å². The number of nitrogens with two attached hydrogens (primary N) is 1. The molecular formula is C18H27ClN4O. The van der Waals surface area contributed by atoms with Crippen LogP contribution in [0.15, 0.2) is 29.3 Å². The van der Waals surface area contributed by atoms with Crippen molar-refractivity contribution in [3.8, 4) is 0 Å². The second kappa shape index (κ2) is 7.62. The van der Waals surface area contributed by atoms with Crippen molar-refractivity contribution in [1.29, 1.82) is 0 Å². The lowest BCUT2D eigenvalue weighted by Crippen LogP contribution is -2.51. The monoisotopic (exact) mass is 350 g/mol. The number of halogens is 1. The van der Waals surface area contributed by atoms with Crippen LogP contribution in [0.25, 0.3) is 0 Å². The first-order chi connectivity index (χ1) is 11.6. The van der Waals surface area contributed by atoms with Gasteiger partial charge in [0.05, 0.1) is 12.1 Å². The molecule has 1 aliphatic heterocycles. The summed E-state index contributed by atoms with van der Waals surface area (Å²) in [5.74, 6) is 0.560. The predicted molar refractivity (Wildman–Crippen MR) is 99.8 cm³/mol. The molecule has 0 amide bonds. The molecule has 0 bridgehead atoms. The molecule has 1 aromatic rings. The van der Waals surface area contributed by atoms with Gasteiger partial charge in [-0.25, -0.2) is 0 Å². The molecule has 0 atom stereocenters. The summed E-state index contributed by atoms with van der Waals surface area (Å²) in [6.45, 7) is 3.92. The lowest BCUT2D eigenvalue weighted by Gasteiger charge is -2.37. The zero-order chi connectivity index (χ0) is 17.0. The molecule has 2 aliphatic rings. The maximum absolute atomic E-state index is 10.5. The standard InChI is InChI=1S/C18H27ClN4O/c19-15-4-6-16(7-5-15)22-10-12-23(13-11-22)17(20)21-14-18(24)8-2-1-3-9-18/h4-7,24H,1-3,8-14H2,(H2,20,21). The summed E-state index contributed by atoms with van der Waals surface area (Å²) in [5, 5.41) is 11.3. The number of hydrogen-bond donors (Lipinski definition) is 2. The zero-order valence-corrected chi connectivity index (χ0v) is 14.9. The molecule has 24 heavy (non-hydrogen) atoms. The highest BCUT2D eigenvalue weighted by Crippen LogP contribution is 2.28. The van der Waals surface area contributed by atoms with E-state index in [1.165, 1.54) is 12.1 Å². The number of guanidine groups is 1. The summed E-state index contributed by atoms with van der Waals surface area (Å²) in [4.78, 5) is 8.92. The Bertz CT molecular complexity index is 561. The lowest BCUT2D eigenvalue weighted by molar-refractivity contribution is 0.0130. The molecule has 3 rings (SSSR count). The Morgan fingerprint density at radius 2 is 1.71 bits per heavy atom. The van der Waals surface area contributed by atoms with Gasteiger partial charge in [0.2, 0.25) is 0 Å². The first-order valence-electron chi connectivity index (χ1n) is 8.84. The van der Waals surface area contributed by atoms with Gasteiger partial charge in [-0.2, -0.15) is 0 Å². The number of piperazine rings is 1. The Morgan fingerprint density at radius 3 is 2.33 bits per heavy atom. The lowest BCUT2D eigenvalue weighted by atomic mass is 9.85. The van der Waals surface area contributed by atoms with Gasteiger partial charge in [0.25, 0.3) is 0 Å². The number of aliphatic hydroxyl groups is 1. The van der Waals surface area contributed by atoms with Gasteiger partial charge in [-0.05, 0) is 37.1 Å². The molecule has 1 aliphatic carbocycles. The Morgan fingerprint density at radius 1 is 1.08 bits per heavy atom. The number of rotatable bonds is 3. The minimum Gasteiger partial charge on any atom is -0.388 e. The van der Waals surface area contributed by atoms with Crippen LogP contribution in [0.3, 0.4) is 0 Å². The van der Waals surface area contributed by atoms with E-state index >= 15 is 0 Å². The van der Waals surface area contributed by atoms with Crippen molar-refractivity contribution in [2.75, 3.05) is 37.6 Å². The SMILES string of the molecule is NC(=NCC1(O)CCCCC1)N1CCN(c2ccc(Cl)cc2)CC1. The van der Waals surface area contributed by atoms with Gasteiger partial charge in [0.15, 0.2) is 5.96 Å². The first-order valence-corrected chi connectivity index (χ1v) is 9.21. The number of nitrogens with zero attached hydrogens (tertiary/aromatic N) is 3. The van der Waals surface area contributed by atoms with Crippen molar-refractivity contribution >= 4 is 23.2 Å². The molecule has 5 nitrogen and oxygen atoms in total. The number of anilines is 1. The molecule has 2 fully saturated rings. The number of aliphatic imine (C=N–C) groups is 1. The van der Waals surface area contributed by atoms with Crippen LogP contribution in [-0.4, -0.2) is 54.3 Å². The molecular weight excluding hydrogens is 324 g/mol. The Kier molecular flexibility index (Phi) is 5.51. The predicted octanol–water partition coefficient (Wildman–Crippen LogP) is 2.47. The van der Waals surface area contributed by atoms with E-state index in [1.807, 2.05) is 24.3 Å². The van der Waals surface area contributed by atoms with Crippen molar-refractivity contribution in [1.82, 2.24) is 4.90 Å². The first kappa shape index (κ1) is 17.4. The van der Waals surface area contributed by atoms with E-state index in [2.05, 4.69) is 14.8 Å². The highest BCUT2D eigenvalue weighted by molar-refractivity contribution is 6.30. The maximum atomic E-state index is 10.5. The van der Waals surface area contributed by atoms with Crippen molar-refractivity contribution in [2.45, 2.75) is 37.7 Å². The fraction of sp³-hybridized carbons (Fsp3) is 0.611. The minimum atomic E-state index is -0.645. The van der Waals surface area contributed by atoms with Crippen molar-refractivity contribution in [3.05, 3.63) is 29.3 Å². The van der Waals surface area contributed by atoms with Crippen LogP contribution in [0, 0.1) is 0 Å². The number of hydrogen-bond acceptors (Lipinski definition) is 3. The second-order valence-corrected chi connectivity index (χ2v) is 7.35. The molecule has 1 aromatic carbocycles. The van der Waals surface area contributed by atoms with Gasteiger partial charge < -0.3 is 20.6 Å². The summed E-state index contributed by atoms with van der Waals surface area (Å²) in [7, 11) is 0. The Balaban J connectivity index is 1.52. The van der Waals surface area contributed by atoms with Crippen LogP contribution >= 0.6 is 11.6 Å². The summed E-state index contributed by atoms with van der Waals surface area (Å²) in [6, 6.07) is 7.94. The van der Waals surface area contributed by atoms with Gasteiger partial charge >= 0.3 is 0 Å². The molecule has 1 saturated heterocycles. The second-order valence-electron chi connectivity index (χ2n) is 6.91. The topological polar surface area (TPSA) is 65.1 Å². The third-order valence-corrected chi connectivity index (χ3v) is 5.37. The average molecular weight is 351 g/mol. The van der Waals surface area contributed by atoms with Crippen LogP contribution in [0.2, 0.25) is 5.02 Å². The highest BCUT2D eigenvalue weighted by atomic mass is 35.5. The van der Waals surface area contributed by atoms with Crippen molar-refractivity contribution < 1.29 is 5.11 Å². The van der Waals surface area contributed by atoms with E-state index in [0.29, 0.717) is 12.5 Å². The Hall–Kier alpha value is -1.46. The Labute approximate surface area is 149 Å². The zero-order valence-electron chi connectivity index (χ0n) is 14.1. The fourth-order valence-corrected chi connectivity index (χ4v) is 3.67. The molecule has 0 radical (unpaired) electrons. The van der Waals surface area contributed by atoms with E-state index in [-0.39, 0.29) is 0 Å².